The highest BCUT2D eigenvalue weighted by molar-refractivity contribution is 5.34. The molecule has 0 radical (unpaired) electrons. The fraction of sp³-hybridized carbons (Fsp3) is 0.333. The highest BCUT2D eigenvalue weighted by atomic mass is 16.5. The molecule has 4 nitrogen and oxygen atoms in total. The third kappa shape index (κ3) is 3.51. The van der Waals surface area contributed by atoms with Gasteiger partial charge in [-0.3, -0.25) is 0 Å². The molecule has 0 spiro atoms. The first-order valence-electron chi connectivity index (χ1n) is 6.57. The third-order valence-electron chi connectivity index (χ3n) is 2.81. The summed E-state index contributed by atoms with van der Waals surface area (Å²) in [6.45, 7) is 5.61. The van der Waals surface area contributed by atoms with E-state index in [-0.39, 0.29) is 6.04 Å². The zero-order valence-electron chi connectivity index (χ0n) is 11.3. The first kappa shape index (κ1) is 13.5. The number of benzene rings is 1. The minimum absolute atomic E-state index is 0.0633. The monoisotopic (exact) mass is 257 g/mol. The lowest BCUT2D eigenvalue weighted by atomic mass is 10.0. The van der Waals surface area contributed by atoms with Crippen LogP contribution in [0.15, 0.2) is 42.9 Å². The summed E-state index contributed by atoms with van der Waals surface area (Å²) >= 11 is 0. The Morgan fingerprint density at radius 2 is 2.16 bits per heavy atom. The summed E-state index contributed by atoms with van der Waals surface area (Å²) in [7, 11) is 0. The van der Waals surface area contributed by atoms with Crippen molar-refractivity contribution in [2.45, 2.75) is 19.9 Å². The van der Waals surface area contributed by atoms with E-state index in [1.54, 1.807) is 12.5 Å². The van der Waals surface area contributed by atoms with Crippen molar-refractivity contribution in [2.24, 2.45) is 0 Å². The predicted octanol–water partition coefficient (Wildman–Crippen LogP) is 2.57. The Balaban J connectivity index is 2.31. The number of rotatable bonds is 6. The van der Waals surface area contributed by atoms with Gasteiger partial charge >= 0.3 is 0 Å². The molecule has 1 aromatic carbocycles. The summed E-state index contributed by atoms with van der Waals surface area (Å²) in [4.78, 5) is 8.30. The lowest BCUT2D eigenvalue weighted by Crippen LogP contribution is -2.23. The van der Waals surface area contributed by atoms with Crippen LogP contribution in [-0.2, 0) is 0 Å². The number of ether oxygens (including phenoxy) is 1. The fourth-order valence-corrected chi connectivity index (χ4v) is 2.02. The summed E-state index contributed by atoms with van der Waals surface area (Å²) < 4.78 is 5.55. The minimum Gasteiger partial charge on any atom is -0.494 e. The molecule has 1 heterocycles. The van der Waals surface area contributed by atoms with Crippen LogP contribution in [0.4, 0.5) is 0 Å². The highest BCUT2D eigenvalue weighted by Gasteiger charge is 2.14. The first-order chi connectivity index (χ1) is 9.35. The van der Waals surface area contributed by atoms with Crippen molar-refractivity contribution >= 4 is 0 Å². The van der Waals surface area contributed by atoms with Gasteiger partial charge in [0.25, 0.3) is 0 Å². The van der Waals surface area contributed by atoms with Crippen molar-refractivity contribution in [1.82, 2.24) is 15.3 Å². The van der Waals surface area contributed by atoms with Gasteiger partial charge in [0.1, 0.15) is 12.1 Å². The smallest absolute Gasteiger partial charge is 0.119 e. The zero-order valence-corrected chi connectivity index (χ0v) is 11.3. The van der Waals surface area contributed by atoms with E-state index < -0.39 is 0 Å². The molecule has 2 aromatic rings. The number of hydrogen-bond acceptors (Lipinski definition) is 4. The molecular weight excluding hydrogens is 238 g/mol. The number of hydrogen-bond donors (Lipinski definition) is 1. The summed E-state index contributed by atoms with van der Waals surface area (Å²) in [5.41, 5.74) is 2.11. The maximum absolute atomic E-state index is 5.55. The van der Waals surface area contributed by atoms with Crippen LogP contribution in [0.2, 0.25) is 0 Å². The molecule has 0 aliphatic heterocycles. The normalized spacial score (nSPS) is 12.1. The predicted molar refractivity (Wildman–Crippen MR) is 75.2 cm³/mol. The molecule has 4 heteroatoms. The molecule has 2 rings (SSSR count). The fourth-order valence-electron chi connectivity index (χ4n) is 2.02. The maximum atomic E-state index is 5.55. The van der Waals surface area contributed by atoms with Gasteiger partial charge in [-0.15, -0.1) is 0 Å². The molecule has 0 amide bonds. The molecule has 1 aromatic heterocycles. The summed E-state index contributed by atoms with van der Waals surface area (Å²) in [5.74, 6) is 0.886. The minimum atomic E-state index is 0.0633. The van der Waals surface area contributed by atoms with E-state index in [2.05, 4.69) is 34.3 Å². The van der Waals surface area contributed by atoms with Gasteiger partial charge in [-0.05, 0) is 37.2 Å². The van der Waals surface area contributed by atoms with Crippen LogP contribution >= 0.6 is 0 Å². The van der Waals surface area contributed by atoms with Gasteiger partial charge in [0.2, 0.25) is 0 Å². The molecule has 0 bridgehead atoms. The van der Waals surface area contributed by atoms with Gasteiger partial charge in [0.15, 0.2) is 0 Å². The van der Waals surface area contributed by atoms with E-state index in [4.69, 9.17) is 4.74 Å². The molecule has 0 saturated carbocycles. The van der Waals surface area contributed by atoms with E-state index in [0.717, 1.165) is 23.6 Å². The molecule has 0 aliphatic rings. The summed E-state index contributed by atoms with van der Waals surface area (Å²) in [5, 5.41) is 3.44. The Morgan fingerprint density at radius 1 is 1.26 bits per heavy atom. The highest BCUT2D eigenvalue weighted by Crippen LogP contribution is 2.23. The zero-order chi connectivity index (χ0) is 13.5. The van der Waals surface area contributed by atoms with E-state index >= 15 is 0 Å². The maximum Gasteiger partial charge on any atom is 0.119 e. The number of nitrogens with one attached hydrogen (secondary N) is 1. The lowest BCUT2D eigenvalue weighted by Gasteiger charge is -2.18. The van der Waals surface area contributed by atoms with Gasteiger partial charge < -0.3 is 10.1 Å². The molecule has 1 atom stereocenters. The van der Waals surface area contributed by atoms with Crippen LogP contribution in [-0.4, -0.2) is 23.1 Å². The Kier molecular flexibility index (Phi) is 4.86. The van der Waals surface area contributed by atoms with Crippen molar-refractivity contribution in [3.8, 4) is 5.75 Å². The molecule has 0 aliphatic carbocycles. The quantitative estimate of drug-likeness (QED) is 0.864. The largest absolute Gasteiger partial charge is 0.494 e. The Labute approximate surface area is 113 Å². The standard InChI is InChI=1S/C15H19N3O/c1-3-17-15(14-8-9-16-11-18-14)12-6-5-7-13(10-12)19-4-2/h5-11,15,17H,3-4H2,1-2H3. The molecule has 19 heavy (non-hydrogen) atoms. The number of nitrogens with zero attached hydrogens (tertiary/aromatic N) is 2. The van der Waals surface area contributed by atoms with Crippen molar-refractivity contribution < 1.29 is 4.74 Å². The topological polar surface area (TPSA) is 47.0 Å². The molecule has 1 unspecified atom stereocenters. The second-order valence-electron chi connectivity index (χ2n) is 4.13. The third-order valence-corrected chi connectivity index (χ3v) is 2.81. The molecule has 100 valence electrons. The van der Waals surface area contributed by atoms with Gasteiger partial charge in [-0.25, -0.2) is 9.97 Å². The summed E-state index contributed by atoms with van der Waals surface area (Å²) in [6, 6.07) is 10.1. The van der Waals surface area contributed by atoms with E-state index in [9.17, 15) is 0 Å². The van der Waals surface area contributed by atoms with Crippen molar-refractivity contribution in [3.63, 3.8) is 0 Å². The second-order valence-corrected chi connectivity index (χ2v) is 4.13. The Bertz CT molecular complexity index is 502. The van der Waals surface area contributed by atoms with Gasteiger partial charge in [0.05, 0.1) is 18.3 Å². The van der Waals surface area contributed by atoms with Gasteiger partial charge in [0, 0.05) is 6.20 Å². The second kappa shape index (κ2) is 6.85. The van der Waals surface area contributed by atoms with Crippen LogP contribution in [0.5, 0.6) is 5.75 Å². The van der Waals surface area contributed by atoms with Crippen molar-refractivity contribution in [1.29, 1.82) is 0 Å². The van der Waals surface area contributed by atoms with Gasteiger partial charge in [-0.2, -0.15) is 0 Å². The van der Waals surface area contributed by atoms with E-state index in [1.165, 1.54) is 0 Å². The average molecular weight is 257 g/mol. The number of aromatic nitrogens is 2. The van der Waals surface area contributed by atoms with E-state index in [1.807, 2.05) is 25.1 Å². The van der Waals surface area contributed by atoms with Crippen LogP contribution in [0.25, 0.3) is 0 Å². The molecular formula is C15H19N3O. The van der Waals surface area contributed by atoms with Crippen LogP contribution in [0.3, 0.4) is 0 Å². The Morgan fingerprint density at radius 3 is 2.84 bits per heavy atom. The SMILES string of the molecule is CCNC(c1cccc(OCC)c1)c1ccncn1. The van der Waals surface area contributed by atoms with Gasteiger partial charge in [-0.1, -0.05) is 19.1 Å². The Hall–Kier alpha value is -1.94. The van der Waals surface area contributed by atoms with Crippen LogP contribution in [0.1, 0.15) is 31.1 Å². The average Bonchev–Trinajstić information content (AvgIpc) is 2.46. The van der Waals surface area contributed by atoms with Crippen LogP contribution in [0, 0.1) is 0 Å². The molecule has 0 saturated heterocycles. The van der Waals surface area contributed by atoms with Crippen molar-refractivity contribution in [3.05, 3.63) is 54.1 Å². The van der Waals surface area contributed by atoms with Crippen molar-refractivity contribution in [2.75, 3.05) is 13.2 Å². The molecule has 0 fully saturated rings. The first-order valence-corrected chi connectivity index (χ1v) is 6.57. The van der Waals surface area contributed by atoms with Crippen LogP contribution < -0.4 is 10.1 Å². The molecule has 1 N–H and O–H groups in total. The van der Waals surface area contributed by atoms with E-state index in [0.29, 0.717) is 6.61 Å². The summed E-state index contributed by atoms with van der Waals surface area (Å²) in [6.07, 6.45) is 3.34. The lowest BCUT2D eigenvalue weighted by molar-refractivity contribution is 0.339.